The number of hydrogen-bond acceptors (Lipinski definition) is 3. The molecule has 0 aromatic heterocycles. The fraction of sp³-hybridized carbons (Fsp3) is 0. The molecule has 4 heteroatoms. The van der Waals surface area contributed by atoms with E-state index < -0.39 is 0 Å². The number of hydrogen-bond donors (Lipinski definition) is 1. The summed E-state index contributed by atoms with van der Waals surface area (Å²) < 4.78 is 0. The second kappa shape index (κ2) is 4.32. The van der Waals surface area contributed by atoms with E-state index in [1.807, 2.05) is 0 Å². The minimum atomic E-state index is -0.0300. The van der Waals surface area contributed by atoms with Crippen LogP contribution in [0.2, 0.25) is 5.02 Å². The summed E-state index contributed by atoms with van der Waals surface area (Å²) in [5.74, 6) is 0.0441. The van der Waals surface area contributed by atoms with E-state index in [1.165, 1.54) is 24.3 Å². The van der Waals surface area contributed by atoms with E-state index in [0.29, 0.717) is 10.6 Å². The van der Waals surface area contributed by atoms with Gasteiger partial charge in [-0.05, 0) is 29.8 Å². The molecule has 0 aliphatic carbocycles. The van der Waals surface area contributed by atoms with Gasteiger partial charge in [0.2, 0.25) is 0 Å². The highest BCUT2D eigenvalue weighted by Gasteiger charge is 2.00. The van der Waals surface area contributed by atoms with Crippen molar-refractivity contribution in [2.24, 2.45) is 0 Å². The Balaban J connectivity index is 3.18. The Labute approximate surface area is 86.1 Å². The molecule has 68 valence electrons. The first kappa shape index (κ1) is 10.1. The summed E-state index contributed by atoms with van der Waals surface area (Å²) in [4.78, 5) is 0. The highest BCUT2D eigenvalue weighted by molar-refractivity contribution is 6.32. The molecule has 0 spiro atoms. The van der Waals surface area contributed by atoms with E-state index in [9.17, 15) is 0 Å². The highest BCUT2D eigenvalue weighted by atomic mass is 35.5. The number of phenolic OH excluding ortho intramolecular Hbond substituents is 1. The highest BCUT2D eigenvalue weighted by Crippen LogP contribution is 2.23. The maximum absolute atomic E-state index is 9.05. The third-order valence-electron chi connectivity index (χ3n) is 1.52. The lowest BCUT2D eigenvalue weighted by Gasteiger charge is -1.98. The number of phenols is 1. The lowest BCUT2D eigenvalue weighted by molar-refractivity contribution is 0.475. The van der Waals surface area contributed by atoms with Crippen LogP contribution in [0.25, 0.3) is 6.08 Å². The second-order valence-electron chi connectivity index (χ2n) is 2.49. The van der Waals surface area contributed by atoms with Crippen molar-refractivity contribution >= 4 is 17.7 Å². The quantitative estimate of drug-likeness (QED) is 0.715. The van der Waals surface area contributed by atoms with Gasteiger partial charge in [0, 0.05) is 0 Å². The van der Waals surface area contributed by atoms with Gasteiger partial charge in [-0.1, -0.05) is 11.6 Å². The third-order valence-corrected chi connectivity index (χ3v) is 1.85. The molecule has 1 aromatic carbocycles. The van der Waals surface area contributed by atoms with Crippen LogP contribution in [-0.2, 0) is 0 Å². The second-order valence-corrected chi connectivity index (χ2v) is 2.89. The van der Waals surface area contributed by atoms with E-state index in [0.717, 1.165) is 0 Å². The van der Waals surface area contributed by atoms with Crippen LogP contribution in [0.15, 0.2) is 23.8 Å². The van der Waals surface area contributed by atoms with Crippen LogP contribution in [0.3, 0.4) is 0 Å². The summed E-state index contributed by atoms with van der Waals surface area (Å²) >= 11 is 5.76. The summed E-state index contributed by atoms with van der Waals surface area (Å²) in [7, 11) is 0. The third kappa shape index (κ3) is 2.26. The molecule has 0 bridgehead atoms. The Morgan fingerprint density at radius 1 is 1.36 bits per heavy atom. The molecule has 0 atom stereocenters. The molecule has 0 radical (unpaired) electrons. The zero-order valence-corrected chi connectivity index (χ0v) is 7.78. The molecular weight excluding hydrogens is 200 g/mol. The topological polar surface area (TPSA) is 67.8 Å². The molecule has 3 nitrogen and oxygen atoms in total. The van der Waals surface area contributed by atoms with Crippen LogP contribution in [0.4, 0.5) is 0 Å². The molecular formula is C10H5ClN2O. The van der Waals surface area contributed by atoms with Crippen molar-refractivity contribution in [2.45, 2.75) is 0 Å². The minimum absolute atomic E-state index is 0.0300. The lowest BCUT2D eigenvalue weighted by Crippen LogP contribution is -1.78. The maximum atomic E-state index is 9.05. The van der Waals surface area contributed by atoms with Crippen molar-refractivity contribution in [3.63, 3.8) is 0 Å². The first-order valence-corrected chi connectivity index (χ1v) is 4.05. The van der Waals surface area contributed by atoms with E-state index >= 15 is 0 Å². The zero-order valence-electron chi connectivity index (χ0n) is 7.03. The number of benzene rings is 1. The smallest absolute Gasteiger partial charge is 0.130 e. The molecule has 0 fully saturated rings. The van der Waals surface area contributed by atoms with Crippen LogP contribution in [0, 0.1) is 22.7 Å². The number of allylic oxidation sites excluding steroid dienone is 1. The van der Waals surface area contributed by atoms with Gasteiger partial charge in [0.15, 0.2) is 0 Å². The van der Waals surface area contributed by atoms with E-state index in [-0.39, 0.29) is 11.3 Å². The van der Waals surface area contributed by atoms with Crippen LogP contribution in [0.1, 0.15) is 5.56 Å². The normalized spacial score (nSPS) is 8.50. The molecule has 1 N–H and O–H groups in total. The zero-order chi connectivity index (χ0) is 10.6. The number of rotatable bonds is 1. The number of halogens is 1. The summed E-state index contributed by atoms with van der Waals surface area (Å²) in [6.45, 7) is 0. The van der Waals surface area contributed by atoms with Crippen molar-refractivity contribution in [2.75, 3.05) is 0 Å². The number of nitriles is 2. The minimum Gasteiger partial charge on any atom is -0.508 e. The van der Waals surface area contributed by atoms with Gasteiger partial charge in [-0.2, -0.15) is 10.5 Å². The molecule has 0 amide bonds. The molecule has 0 unspecified atom stereocenters. The lowest BCUT2D eigenvalue weighted by atomic mass is 10.1. The van der Waals surface area contributed by atoms with E-state index in [2.05, 4.69) is 0 Å². The van der Waals surface area contributed by atoms with Crippen LogP contribution >= 0.6 is 11.6 Å². The Hall–Kier alpha value is -1.97. The largest absolute Gasteiger partial charge is 0.508 e. The van der Waals surface area contributed by atoms with Gasteiger partial charge in [0.25, 0.3) is 0 Å². The summed E-state index contributed by atoms with van der Waals surface area (Å²) in [6.07, 6.45) is 1.36. The van der Waals surface area contributed by atoms with Crippen molar-refractivity contribution < 1.29 is 5.11 Å². The Kier molecular flexibility index (Phi) is 3.12. The Morgan fingerprint density at radius 3 is 2.50 bits per heavy atom. The van der Waals surface area contributed by atoms with E-state index in [1.54, 1.807) is 12.1 Å². The summed E-state index contributed by atoms with van der Waals surface area (Å²) in [6, 6.07) is 7.76. The van der Waals surface area contributed by atoms with Gasteiger partial charge >= 0.3 is 0 Å². The van der Waals surface area contributed by atoms with Gasteiger partial charge < -0.3 is 5.11 Å². The van der Waals surface area contributed by atoms with Crippen LogP contribution in [-0.4, -0.2) is 5.11 Å². The molecule has 14 heavy (non-hydrogen) atoms. The SMILES string of the molecule is N#CC(C#N)=Cc1ccc(O)cc1Cl. The van der Waals surface area contributed by atoms with Crippen molar-refractivity contribution in [3.8, 4) is 17.9 Å². The molecule has 1 rings (SSSR count). The summed E-state index contributed by atoms with van der Waals surface area (Å²) in [5.41, 5.74) is 0.500. The average molecular weight is 205 g/mol. The van der Waals surface area contributed by atoms with Crippen LogP contribution in [0.5, 0.6) is 5.75 Å². The van der Waals surface area contributed by atoms with Gasteiger partial charge in [0.05, 0.1) is 5.02 Å². The Morgan fingerprint density at radius 2 is 2.00 bits per heavy atom. The predicted octanol–water partition coefficient (Wildman–Crippen LogP) is 2.48. The fourth-order valence-electron chi connectivity index (χ4n) is 0.878. The first-order valence-electron chi connectivity index (χ1n) is 3.68. The molecule has 0 saturated carbocycles. The van der Waals surface area contributed by atoms with Gasteiger partial charge in [-0.15, -0.1) is 0 Å². The molecule has 0 aliphatic heterocycles. The number of aromatic hydroxyl groups is 1. The van der Waals surface area contributed by atoms with Gasteiger partial charge in [-0.25, -0.2) is 0 Å². The first-order chi connectivity index (χ1) is 6.67. The monoisotopic (exact) mass is 204 g/mol. The average Bonchev–Trinajstić information content (AvgIpc) is 2.17. The van der Waals surface area contributed by atoms with Gasteiger partial charge in [0.1, 0.15) is 23.5 Å². The Bertz CT molecular complexity index is 450. The number of nitrogens with zero attached hydrogens (tertiary/aromatic N) is 2. The predicted molar refractivity (Wildman–Crippen MR) is 52.3 cm³/mol. The van der Waals surface area contributed by atoms with Gasteiger partial charge in [-0.3, -0.25) is 0 Å². The molecule has 1 aromatic rings. The van der Waals surface area contributed by atoms with Crippen LogP contribution < -0.4 is 0 Å². The molecule has 0 heterocycles. The fourth-order valence-corrected chi connectivity index (χ4v) is 1.11. The van der Waals surface area contributed by atoms with Crippen molar-refractivity contribution in [1.82, 2.24) is 0 Å². The molecule has 0 aliphatic rings. The maximum Gasteiger partial charge on any atom is 0.130 e. The van der Waals surface area contributed by atoms with E-state index in [4.69, 9.17) is 27.2 Å². The molecule has 0 saturated heterocycles. The standard InChI is InChI=1S/C10H5ClN2O/c11-10-4-9(14)2-1-8(10)3-7(5-12)6-13/h1-4,14H. The summed E-state index contributed by atoms with van der Waals surface area (Å²) in [5, 5.41) is 26.3. The van der Waals surface area contributed by atoms with Crippen molar-refractivity contribution in [1.29, 1.82) is 10.5 Å². The van der Waals surface area contributed by atoms with Crippen molar-refractivity contribution in [3.05, 3.63) is 34.4 Å².